The predicted molar refractivity (Wildman–Crippen MR) is 127 cm³/mol. The summed E-state index contributed by atoms with van der Waals surface area (Å²) in [6.07, 6.45) is 0. The van der Waals surface area contributed by atoms with Gasteiger partial charge in [0.1, 0.15) is 11.5 Å². The number of ether oxygens (including phenoxy) is 2. The molecule has 0 radical (unpaired) electrons. The van der Waals surface area contributed by atoms with Gasteiger partial charge in [-0.3, -0.25) is 0 Å². The minimum atomic E-state index is -0.479. The summed E-state index contributed by atoms with van der Waals surface area (Å²) in [5, 5.41) is 0.623. The van der Waals surface area contributed by atoms with Crippen molar-refractivity contribution < 1.29 is 19.1 Å². The van der Waals surface area contributed by atoms with E-state index < -0.39 is 11.9 Å². The highest BCUT2D eigenvalue weighted by Crippen LogP contribution is 2.36. The van der Waals surface area contributed by atoms with Crippen LogP contribution in [0.25, 0.3) is 0 Å². The molecule has 3 rings (SSSR count). The van der Waals surface area contributed by atoms with E-state index in [9.17, 15) is 9.59 Å². The molecule has 162 valence electrons. The molecule has 5 nitrogen and oxygen atoms in total. The van der Waals surface area contributed by atoms with Gasteiger partial charge in [-0.05, 0) is 86.6 Å². The highest BCUT2D eigenvalue weighted by molar-refractivity contribution is 6.30. The van der Waals surface area contributed by atoms with Gasteiger partial charge < -0.3 is 14.4 Å². The number of benzene rings is 3. The molecular formula is C26H22ClNO4. The van der Waals surface area contributed by atoms with Crippen molar-refractivity contribution in [2.24, 2.45) is 0 Å². The summed E-state index contributed by atoms with van der Waals surface area (Å²) in [5.74, 6) is -0.126. The van der Waals surface area contributed by atoms with Crippen molar-refractivity contribution in [1.82, 2.24) is 0 Å². The Morgan fingerprint density at radius 2 is 0.969 bits per heavy atom. The molecule has 6 heteroatoms. The van der Waals surface area contributed by atoms with E-state index in [1.54, 1.807) is 50.2 Å². The molecule has 0 unspecified atom stereocenters. The van der Waals surface area contributed by atoms with Crippen molar-refractivity contribution in [2.45, 2.75) is 13.8 Å². The Hall–Kier alpha value is -3.83. The Labute approximate surface area is 192 Å². The van der Waals surface area contributed by atoms with E-state index in [4.69, 9.17) is 21.1 Å². The molecule has 0 amide bonds. The van der Waals surface area contributed by atoms with Gasteiger partial charge in [-0.1, -0.05) is 24.8 Å². The van der Waals surface area contributed by atoms with Crippen LogP contribution in [0.5, 0.6) is 11.5 Å². The van der Waals surface area contributed by atoms with Gasteiger partial charge >= 0.3 is 11.9 Å². The standard InChI is InChI=1S/C26H22ClNO4/c1-17(2)25(29)31-23-13-9-21(10-14-23)28(20-7-5-19(27)6-8-20)22-11-15-24(16-12-22)32-26(30)18(3)4/h5-16H,1,3H2,2,4H3. The maximum Gasteiger partial charge on any atom is 0.338 e. The Morgan fingerprint density at radius 1 is 0.656 bits per heavy atom. The van der Waals surface area contributed by atoms with Crippen LogP contribution < -0.4 is 14.4 Å². The third kappa shape index (κ3) is 5.65. The number of rotatable bonds is 7. The van der Waals surface area contributed by atoms with E-state index in [0.717, 1.165) is 17.1 Å². The lowest BCUT2D eigenvalue weighted by Gasteiger charge is -2.25. The van der Waals surface area contributed by atoms with Crippen molar-refractivity contribution >= 4 is 40.6 Å². The summed E-state index contributed by atoms with van der Waals surface area (Å²) in [4.78, 5) is 25.5. The Morgan fingerprint density at radius 3 is 1.28 bits per heavy atom. The van der Waals surface area contributed by atoms with E-state index in [0.29, 0.717) is 27.7 Å². The van der Waals surface area contributed by atoms with E-state index in [-0.39, 0.29) is 0 Å². The first-order valence-electron chi connectivity index (χ1n) is 9.76. The molecule has 0 saturated heterocycles. The zero-order valence-electron chi connectivity index (χ0n) is 17.8. The molecule has 3 aromatic rings. The van der Waals surface area contributed by atoms with E-state index >= 15 is 0 Å². The third-order valence-corrected chi connectivity index (χ3v) is 4.64. The minimum Gasteiger partial charge on any atom is -0.423 e. The number of hydrogen-bond acceptors (Lipinski definition) is 5. The van der Waals surface area contributed by atoms with Crippen LogP contribution in [-0.2, 0) is 9.59 Å². The first kappa shape index (κ1) is 22.8. The fourth-order valence-corrected chi connectivity index (χ4v) is 2.88. The number of carbonyl (C=O) groups is 2. The highest BCUT2D eigenvalue weighted by Gasteiger charge is 2.14. The first-order valence-corrected chi connectivity index (χ1v) is 10.1. The first-order chi connectivity index (χ1) is 15.2. The van der Waals surface area contributed by atoms with Crippen molar-refractivity contribution in [3.63, 3.8) is 0 Å². The molecule has 0 aromatic heterocycles. The van der Waals surface area contributed by atoms with Gasteiger partial charge in [-0.2, -0.15) is 0 Å². The molecule has 0 N–H and O–H groups in total. The second-order valence-electron chi connectivity index (χ2n) is 7.14. The van der Waals surface area contributed by atoms with Crippen LogP contribution in [-0.4, -0.2) is 11.9 Å². The molecular weight excluding hydrogens is 426 g/mol. The molecule has 0 aliphatic rings. The molecule has 0 saturated carbocycles. The Balaban J connectivity index is 1.93. The van der Waals surface area contributed by atoms with Crippen LogP contribution in [0.15, 0.2) is 97.1 Å². The topological polar surface area (TPSA) is 55.8 Å². The average molecular weight is 448 g/mol. The molecule has 0 aliphatic heterocycles. The van der Waals surface area contributed by atoms with Gasteiger partial charge in [0.15, 0.2) is 0 Å². The molecule has 0 bridgehead atoms. The maximum absolute atomic E-state index is 11.8. The van der Waals surface area contributed by atoms with E-state index in [2.05, 4.69) is 13.2 Å². The molecule has 3 aromatic carbocycles. The lowest BCUT2D eigenvalue weighted by molar-refractivity contribution is -0.130. The molecule has 0 heterocycles. The normalized spacial score (nSPS) is 10.2. The SMILES string of the molecule is C=C(C)C(=O)Oc1ccc(N(c2ccc(Cl)cc2)c2ccc(OC(=O)C(=C)C)cc2)cc1. The van der Waals surface area contributed by atoms with Gasteiger partial charge in [0.2, 0.25) is 0 Å². The largest absolute Gasteiger partial charge is 0.423 e. The lowest BCUT2D eigenvalue weighted by Crippen LogP contribution is -2.11. The van der Waals surface area contributed by atoms with Crippen LogP contribution in [0.4, 0.5) is 17.1 Å². The van der Waals surface area contributed by atoms with Crippen LogP contribution in [0, 0.1) is 0 Å². The number of anilines is 3. The molecule has 0 spiro atoms. The van der Waals surface area contributed by atoms with Gasteiger partial charge in [0.25, 0.3) is 0 Å². The van der Waals surface area contributed by atoms with Crippen molar-refractivity contribution in [2.75, 3.05) is 4.90 Å². The van der Waals surface area contributed by atoms with Gasteiger partial charge in [-0.15, -0.1) is 0 Å². The number of carbonyl (C=O) groups excluding carboxylic acids is 2. The maximum atomic E-state index is 11.8. The van der Waals surface area contributed by atoms with Crippen LogP contribution in [0.3, 0.4) is 0 Å². The molecule has 0 atom stereocenters. The lowest BCUT2D eigenvalue weighted by atomic mass is 10.2. The molecule has 0 aliphatic carbocycles. The Bertz CT molecular complexity index is 1080. The van der Waals surface area contributed by atoms with Gasteiger partial charge in [0.05, 0.1) is 0 Å². The zero-order valence-corrected chi connectivity index (χ0v) is 18.6. The van der Waals surface area contributed by atoms with Crippen LogP contribution >= 0.6 is 11.6 Å². The Kier molecular flexibility index (Phi) is 7.13. The number of halogens is 1. The van der Waals surface area contributed by atoms with Crippen LogP contribution in [0.2, 0.25) is 5.02 Å². The molecule has 0 fully saturated rings. The van der Waals surface area contributed by atoms with E-state index in [1.165, 1.54) is 0 Å². The summed E-state index contributed by atoms with van der Waals surface area (Å²) in [5.41, 5.74) is 3.17. The van der Waals surface area contributed by atoms with Gasteiger partial charge in [-0.25, -0.2) is 9.59 Å². The number of hydrogen-bond donors (Lipinski definition) is 0. The summed E-state index contributed by atoms with van der Waals surface area (Å²) in [6.45, 7) is 10.4. The average Bonchev–Trinajstić information content (AvgIpc) is 2.77. The van der Waals surface area contributed by atoms with Gasteiger partial charge in [0, 0.05) is 33.2 Å². The predicted octanol–water partition coefficient (Wildman–Crippen LogP) is 6.77. The summed E-state index contributed by atoms with van der Waals surface area (Å²) in [6, 6.07) is 21.6. The number of nitrogens with zero attached hydrogens (tertiary/aromatic N) is 1. The minimum absolute atomic E-state index is 0.323. The summed E-state index contributed by atoms with van der Waals surface area (Å²) >= 11 is 6.07. The monoisotopic (exact) mass is 447 g/mol. The number of esters is 2. The molecule has 32 heavy (non-hydrogen) atoms. The third-order valence-electron chi connectivity index (χ3n) is 4.39. The van der Waals surface area contributed by atoms with E-state index in [1.807, 2.05) is 41.3 Å². The second kappa shape index (κ2) is 9.98. The smallest absolute Gasteiger partial charge is 0.338 e. The fourth-order valence-electron chi connectivity index (χ4n) is 2.75. The highest BCUT2D eigenvalue weighted by atomic mass is 35.5. The summed E-state index contributed by atoms with van der Waals surface area (Å²) in [7, 11) is 0. The quantitative estimate of drug-likeness (QED) is 0.227. The second-order valence-corrected chi connectivity index (χ2v) is 7.58. The van der Waals surface area contributed by atoms with Crippen molar-refractivity contribution in [3.8, 4) is 11.5 Å². The summed E-state index contributed by atoms with van der Waals surface area (Å²) < 4.78 is 10.6. The zero-order chi connectivity index (χ0) is 23.3. The fraction of sp³-hybridized carbons (Fsp3) is 0.0769. The van der Waals surface area contributed by atoms with Crippen molar-refractivity contribution in [3.05, 3.63) is 102 Å². The van der Waals surface area contributed by atoms with Crippen LogP contribution in [0.1, 0.15) is 13.8 Å². The van der Waals surface area contributed by atoms with Crippen molar-refractivity contribution in [1.29, 1.82) is 0 Å².